The van der Waals surface area contributed by atoms with E-state index in [1.54, 1.807) is 4.90 Å². The highest BCUT2D eigenvalue weighted by Crippen LogP contribution is 2.41. The first-order valence-electron chi connectivity index (χ1n) is 9.74. The number of benzene rings is 1. The van der Waals surface area contributed by atoms with Crippen molar-refractivity contribution >= 4 is 35.3 Å². The van der Waals surface area contributed by atoms with Crippen LogP contribution in [0.5, 0.6) is 0 Å². The van der Waals surface area contributed by atoms with Crippen molar-refractivity contribution in [3.63, 3.8) is 0 Å². The molecule has 0 unspecified atom stereocenters. The quantitative estimate of drug-likeness (QED) is 0.526. The van der Waals surface area contributed by atoms with E-state index in [1.165, 1.54) is 0 Å². The number of hydrogen-bond acceptors (Lipinski definition) is 4. The van der Waals surface area contributed by atoms with Gasteiger partial charge in [0.25, 0.3) is 0 Å². The number of halogens is 3. The number of aryl methyl sites for hydroxylation is 1. The summed E-state index contributed by atoms with van der Waals surface area (Å²) < 4.78 is 51.8. The van der Waals surface area contributed by atoms with Crippen LogP contribution < -0.4 is 4.90 Å². The van der Waals surface area contributed by atoms with E-state index in [4.69, 9.17) is 0 Å². The molecule has 11 heteroatoms. The van der Waals surface area contributed by atoms with Crippen LogP contribution in [0.3, 0.4) is 0 Å². The van der Waals surface area contributed by atoms with Crippen LogP contribution in [0.1, 0.15) is 31.2 Å². The summed E-state index contributed by atoms with van der Waals surface area (Å²) in [4.78, 5) is 31.0. The zero-order valence-electron chi connectivity index (χ0n) is 16.3. The first-order chi connectivity index (χ1) is 14.0. The van der Waals surface area contributed by atoms with Crippen LogP contribution in [-0.2, 0) is 17.2 Å². The summed E-state index contributed by atoms with van der Waals surface area (Å²) in [6, 6.07) is 5.60. The highest BCUT2D eigenvalue weighted by Gasteiger charge is 2.37. The van der Waals surface area contributed by atoms with Gasteiger partial charge in [-0.05, 0) is 42.9 Å². The molecule has 0 radical (unpaired) electrons. The molecule has 0 amide bonds. The van der Waals surface area contributed by atoms with E-state index < -0.39 is 19.6 Å². The molecular formula is C19H22F3N4O3P. The molecule has 162 valence electrons. The summed E-state index contributed by atoms with van der Waals surface area (Å²) in [7, 11) is -4.12. The van der Waals surface area contributed by atoms with E-state index in [9.17, 15) is 27.5 Å². The Kier molecular flexibility index (Phi) is 5.28. The number of piperidine rings is 1. The Morgan fingerprint density at radius 3 is 2.53 bits per heavy atom. The molecule has 30 heavy (non-hydrogen) atoms. The number of aromatic nitrogens is 3. The molecule has 0 atom stereocenters. The Morgan fingerprint density at radius 2 is 1.93 bits per heavy atom. The zero-order valence-corrected chi connectivity index (χ0v) is 17.2. The van der Waals surface area contributed by atoms with Crippen molar-refractivity contribution in [2.45, 2.75) is 32.4 Å². The lowest BCUT2D eigenvalue weighted by Crippen LogP contribution is -2.36. The molecule has 7 nitrogen and oxygen atoms in total. The van der Waals surface area contributed by atoms with Crippen molar-refractivity contribution in [3.05, 3.63) is 29.6 Å². The monoisotopic (exact) mass is 442 g/mol. The molecule has 2 aromatic heterocycles. The molecule has 1 aliphatic heterocycles. The number of hydrogen-bond donors (Lipinski definition) is 3. The first kappa shape index (κ1) is 21.1. The average molecular weight is 442 g/mol. The fraction of sp³-hybridized carbons (Fsp3) is 0.474. The summed E-state index contributed by atoms with van der Waals surface area (Å²) in [5, 5.41) is 0.620. The topological polar surface area (TPSA) is 102 Å². The van der Waals surface area contributed by atoms with Crippen molar-refractivity contribution in [3.8, 4) is 0 Å². The lowest BCUT2D eigenvalue weighted by atomic mass is 9.99. The van der Waals surface area contributed by atoms with E-state index >= 15 is 0 Å². The maximum Gasteiger partial charge on any atom is 0.451 e. The summed E-state index contributed by atoms with van der Waals surface area (Å²) in [5.41, 5.74) is 2.36. The molecule has 3 heterocycles. The van der Waals surface area contributed by atoms with Gasteiger partial charge in [-0.15, -0.1) is 0 Å². The van der Waals surface area contributed by atoms with E-state index in [2.05, 4.69) is 15.0 Å². The minimum absolute atomic E-state index is 0.170. The number of aromatic amines is 1. The Hall–Kier alpha value is -2.16. The minimum atomic E-state index is -4.69. The molecule has 0 saturated carbocycles. The van der Waals surface area contributed by atoms with Crippen LogP contribution in [0, 0.1) is 5.92 Å². The van der Waals surface area contributed by atoms with Crippen LogP contribution in [0.2, 0.25) is 0 Å². The fourth-order valence-electron chi connectivity index (χ4n) is 4.03. The molecule has 1 saturated heterocycles. The first-order valence-corrected chi connectivity index (χ1v) is 11.5. The van der Waals surface area contributed by atoms with Gasteiger partial charge in [0.1, 0.15) is 11.0 Å². The Labute approximate surface area is 170 Å². The van der Waals surface area contributed by atoms with Gasteiger partial charge in [-0.2, -0.15) is 13.2 Å². The van der Waals surface area contributed by atoms with Gasteiger partial charge in [0.05, 0.1) is 6.16 Å². The number of nitrogens with zero attached hydrogens (tertiary/aromatic N) is 3. The van der Waals surface area contributed by atoms with Crippen molar-refractivity contribution in [1.29, 1.82) is 0 Å². The zero-order chi connectivity index (χ0) is 21.7. The number of H-pyrrole nitrogens is 1. The Balaban J connectivity index is 1.78. The molecule has 1 aliphatic rings. The fourth-order valence-corrected chi connectivity index (χ4v) is 5.07. The number of nitrogens with one attached hydrogen (secondary N) is 1. The molecule has 0 bridgehead atoms. The standard InChI is InChI=1S/C19H22F3N4O3P/c1-2-11-3-4-14-13(9-11)15-16(23-14)17(25-18(24-15)19(20,21)22)26-7-5-12(6-8-26)10-30(27,28)29/h3-4,9,12,23H,2,5-8,10H2,1H3,(H2,27,28,29). The normalized spacial score (nSPS) is 16.7. The largest absolute Gasteiger partial charge is 0.451 e. The van der Waals surface area contributed by atoms with Gasteiger partial charge in [0, 0.05) is 24.0 Å². The van der Waals surface area contributed by atoms with Gasteiger partial charge in [0.2, 0.25) is 5.82 Å². The minimum Gasteiger partial charge on any atom is -0.355 e. The SMILES string of the molecule is CCc1ccc2[nH]c3c(N4CCC(CP(=O)(O)O)CC4)nc(C(F)(F)F)nc3c2c1. The molecule has 3 aromatic rings. The summed E-state index contributed by atoms with van der Waals surface area (Å²) >= 11 is 0. The molecule has 1 fully saturated rings. The third-order valence-electron chi connectivity index (χ3n) is 5.56. The summed E-state index contributed by atoms with van der Waals surface area (Å²) in [5.74, 6) is -1.18. The van der Waals surface area contributed by atoms with E-state index in [1.807, 2.05) is 25.1 Å². The van der Waals surface area contributed by atoms with Crippen LogP contribution in [0.4, 0.5) is 19.0 Å². The Morgan fingerprint density at radius 1 is 1.23 bits per heavy atom. The summed E-state index contributed by atoms with van der Waals surface area (Å²) in [6.45, 7) is 2.70. The molecule has 1 aromatic carbocycles. The second kappa shape index (κ2) is 7.51. The molecule has 0 spiro atoms. The van der Waals surface area contributed by atoms with Crippen molar-refractivity contribution in [2.24, 2.45) is 5.92 Å². The second-order valence-corrected chi connectivity index (χ2v) is 9.42. The highest BCUT2D eigenvalue weighted by atomic mass is 31.2. The van der Waals surface area contributed by atoms with Gasteiger partial charge in [0.15, 0.2) is 5.82 Å². The second-order valence-electron chi connectivity index (χ2n) is 7.73. The molecular weight excluding hydrogens is 420 g/mol. The molecule has 3 N–H and O–H groups in total. The Bertz CT molecular complexity index is 1130. The average Bonchev–Trinajstić information content (AvgIpc) is 3.04. The third-order valence-corrected chi connectivity index (χ3v) is 6.55. The number of fused-ring (bicyclic) bond motifs is 3. The van der Waals surface area contributed by atoms with Crippen molar-refractivity contribution < 1.29 is 27.5 Å². The maximum atomic E-state index is 13.5. The van der Waals surface area contributed by atoms with Crippen LogP contribution in [0.25, 0.3) is 21.9 Å². The third kappa shape index (κ3) is 4.17. The van der Waals surface area contributed by atoms with Gasteiger partial charge in [-0.3, -0.25) is 4.57 Å². The number of anilines is 1. The molecule has 0 aliphatic carbocycles. The van der Waals surface area contributed by atoms with Gasteiger partial charge >= 0.3 is 13.8 Å². The van der Waals surface area contributed by atoms with Gasteiger partial charge in [-0.25, -0.2) is 9.97 Å². The lowest BCUT2D eigenvalue weighted by Gasteiger charge is -2.33. The van der Waals surface area contributed by atoms with Gasteiger partial charge < -0.3 is 19.7 Å². The number of alkyl halides is 3. The van der Waals surface area contributed by atoms with Crippen LogP contribution in [0.15, 0.2) is 18.2 Å². The van der Waals surface area contributed by atoms with Crippen LogP contribution in [-0.4, -0.2) is 44.0 Å². The summed E-state index contributed by atoms with van der Waals surface area (Å²) in [6.07, 6.45) is -3.20. The van der Waals surface area contributed by atoms with Crippen molar-refractivity contribution in [1.82, 2.24) is 15.0 Å². The number of rotatable bonds is 4. The van der Waals surface area contributed by atoms with E-state index in [0.29, 0.717) is 42.4 Å². The van der Waals surface area contributed by atoms with E-state index in [-0.39, 0.29) is 23.4 Å². The highest BCUT2D eigenvalue weighted by molar-refractivity contribution is 7.51. The predicted molar refractivity (Wildman–Crippen MR) is 108 cm³/mol. The maximum absolute atomic E-state index is 13.5. The lowest BCUT2D eigenvalue weighted by molar-refractivity contribution is -0.144. The van der Waals surface area contributed by atoms with Gasteiger partial charge in [-0.1, -0.05) is 13.0 Å². The van der Waals surface area contributed by atoms with Crippen molar-refractivity contribution in [2.75, 3.05) is 24.2 Å². The van der Waals surface area contributed by atoms with E-state index in [0.717, 1.165) is 12.0 Å². The smallest absolute Gasteiger partial charge is 0.355 e. The molecule has 4 rings (SSSR count). The van der Waals surface area contributed by atoms with Crippen LogP contribution >= 0.6 is 7.60 Å². The predicted octanol–water partition coefficient (Wildman–Crippen LogP) is 4.09.